The van der Waals surface area contributed by atoms with Gasteiger partial charge >= 0.3 is 0 Å². The molecule has 0 aliphatic heterocycles. The lowest BCUT2D eigenvalue weighted by molar-refractivity contribution is 0.0947. The molecule has 5 nitrogen and oxygen atoms in total. The third-order valence-corrected chi connectivity index (χ3v) is 3.98. The van der Waals surface area contributed by atoms with E-state index in [1.807, 2.05) is 32.0 Å². The van der Waals surface area contributed by atoms with Crippen molar-refractivity contribution in [1.82, 2.24) is 5.32 Å². The number of hydrogen-bond acceptors (Lipinski definition) is 3. The molecule has 0 saturated heterocycles. The van der Waals surface area contributed by atoms with Gasteiger partial charge in [0.25, 0.3) is 11.8 Å². The predicted octanol–water partition coefficient (Wildman–Crippen LogP) is 3.32. The summed E-state index contributed by atoms with van der Waals surface area (Å²) in [6.45, 7) is 5.20. The van der Waals surface area contributed by atoms with Gasteiger partial charge in [-0.2, -0.15) is 0 Å². The summed E-state index contributed by atoms with van der Waals surface area (Å²) < 4.78 is 4.94. The van der Waals surface area contributed by atoms with Crippen molar-refractivity contribution in [2.45, 2.75) is 20.3 Å². The third kappa shape index (κ3) is 5.43. The van der Waals surface area contributed by atoms with Crippen molar-refractivity contribution in [1.29, 1.82) is 0 Å². The number of methoxy groups -OCH3 is 1. The first kappa shape index (κ1) is 18.7. The molecule has 0 saturated carbocycles. The molecule has 2 aromatic carbocycles. The summed E-state index contributed by atoms with van der Waals surface area (Å²) in [6, 6.07) is 12.4. The molecule has 25 heavy (non-hydrogen) atoms. The second-order valence-electron chi connectivity index (χ2n) is 5.93. The third-order valence-electron chi connectivity index (χ3n) is 3.98. The lowest BCUT2D eigenvalue weighted by atomic mass is 10.1. The second kappa shape index (κ2) is 8.99. The standard InChI is InChI=1S/C20H24N2O3/c1-14-5-10-18(13-15(14)2)22-20(24)17-8-6-16(7-9-17)19(23)21-11-4-12-25-3/h5-10,13H,4,11-12H2,1-3H3,(H,21,23)(H,22,24). The van der Waals surface area contributed by atoms with Crippen LogP contribution in [0, 0.1) is 13.8 Å². The fourth-order valence-corrected chi connectivity index (χ4v) is 2.32. The number of anilines is 1. The molecule has 0 atom stereocenters. The van der Waals surface area contributed by atoms with E-state index in [-0.39, 0.29) is 11.8 Å². The van der Waals surface area contributed by atoms with Crippen LogP contribution in [-0.2, 0) is 4.74 Å². The first-order valence-corrected chi connectivity index (χ1v) is 8.27. The number of ether oxygens (including phenoxy) is 1. The highest BCUT2D eigenvalue weighted by Gasteiger charge is 2.09. The van der Waals surface area contributed by atoms with Crippen molar-refractivity contribution in [3.05, 3.63) is 64.7 Å². The normalized spacial score (nSPS) is 10.4. The minimum Gasteiger partial charge on any atom is -0.385 e. The van der Waals surface area contributed by atoms with Gasteiger partial charge in [-0.15, -0.1) is 0 Å². The summed E-state index contributed by atoms with van der Waals surface area (Å²) in [4.78, 5) is 24.3. The van der Waals surface area contributed by atoms with Crippen LogP contribution in [-0.4, -0.2) is 32.1 Å². The minimum absolute atomic E-state index is 0.155. The molecule has 5 heteroatoms. The van der Waals surface area contributed by atoms with Gasteiger partial charge < -0.3 is 15.4 Å². The summed E-state index contributed by atoms with van der Waals surface area (Å²) in [6.07, 6.45) is 0.763. The Bertz CT molecular complexity index is 739. The average molecular weight is 340 g/mol. The van der Waals surface area contributed by atoms with Gasteiger partial charge in [0.05, 0.1) is 0 Å². The Morgan fingerprint density at radius 2 is 1.56 bits per heavy atom. The van der Waals surface area contributed by atoms with E-state index in [9.17, 15) is 9.59 Å². The van der Waals surface area contributed by atoms with Crippen LogP contribution < -0.4 is 10.6 Å². The molecular formula is C20H24N2O3. The zero-order valence-corrected chi connectivity index (χ0v) is 14.9. The highest BCUT2D eigenvalue weighted by molar-refractivity contribution is 6.05. The Morgan fingerprint density at radius 3 is 2.16 bits per heavy atom. The molecule has 0 spiro atoms. The van der Waals surface area contributed by atoms with Crippen molar-refractivity contribution >= 4 is 17.5 Å². The van der Waals surface area contributed by atoms with Crippen LogP contribution in [0.25, 0.3) is 0 Å². The van der Waals surface area contributed by atoms with Gasteiger partial charge in [0.15, 0.2) is 0 Å². The van der Waals surface area contributed by atoms with Crippen LogP contribution in [0.15, 0.2) is 42.5 Å². The van der Waals surface area contributed by atoms with Gasteiger partial charge in [-0.1, -0.05) is 6.07 Å². The monoisotopic (exact) mass is 340 g/mol. The molecule has 132 valence electrons. The van der Waals surface area contributed by atoms with E-state index >= 15 is 0 Å². The lowest BCUT2D eigenvalue weighted by Crippen LogP contribution is -2.25. The number of aryl methyl sites for hydroxylation is 2. The average Bonchev–Trinajstić information content (AvgIpc) is 2.62. The van der Waals surface area contributed by atoms with Gasteiger partial charge in [0, 0.05) is 37.1 Å². The fourth-order valence-electron chi connectivity index (χ4n) is 2.32. The number of nitrogens with one attached hydrogen (secondary N) is 2. The molecule has 0 aliphatic carbocycles. The number of carbonyl (C=O) groups is 2. The topological polar surface area (TPSA) is 67.4 Å². The maximum absolute atomic E-state index is 12.3. The zero-order valence-electron chi connectivity index (χ0n) is 14.9. The summed E-state index contributed by atoms with van der Waals surface area (Å²) in [5.74, 6) is -0.354. The largest absolute Gasteiger partial charge is 0.385 e. The SMILES string of the molecule is COCCCNC(=O)c1ccc(C(=O)Nc2ccc(C)c(C)c2)cc1. The van der Waals surface area contributed by atoms with E-state index in [4.69, 9.17) is 4.74 Å². The molecule has 0 fully saturated rings. The van der Waals surface area contributed by atoms with E-state index in [0.29, 0.717) is 24.3 Å². The second-order valence-corrected chi connectivity index (χ2v) is 5.93. The van der Waals surface area contributed by atoms with Crippen LogP contribution in [0.3, 0.4) is 0 Å². The number of amides is 2. The Morgan fingerprint density at radius 1 is 0.920 bits per heavy atom. The van der Waals surface area contributed by atoms with E-state index in [1.165, 1.54) is 5.56 Å². The van der Waals surface area contributed by atoms with Crippen LogP contribution in [0.5, 0.6) is 0 Å². The predicted molar refractivity (Wildman–Crippen MR) is 99.1 cm³/mol. The zero-order chi connectivity index (χ0) is 18.2. The number of hydrogen-bond donors (Lipinski definition) is 2. The van der Waals surface area contributed by atoms with Gasteiger partial charge in [-0.3, -0.25) is 9.59 Å². The first-order valence-electron chi connectivity index (χ1n) is 8.27. The summed E-state index contributed by atoms with van der Waals surface area (Å²) in [5, 5.41) is 5.68. The number of benzene rings is 2. The van der Waals surface area contributed by atoms with Gasteiger partial charge in [0.2, 0.25) is 0 Å². The summed E-state index contributed by atoms with van der Waals surface area (Å²) in [5.41, 5.74) is 4.10. The van der Waals surface area contributed by atoms with Crippen molar-refractivity contribution in [3.63, 3.8) is 0 Å². The Balaban J connectivity index is 1.95. The minimum atomic E-state index is -0.199. The van der Waals surface area contributed by atoms with E-state index in [1.54, 1.807) is 31.4 Å². The Labute approximate surface area is 148 Å². The summed E-state index contributed by atoms with van der Waals surface area (Å²) >= 11 is 0. The maximum Gasteiger partial charge on any atom is 0.255 e. The molecule has 0 bridgehead atoms. The van der Waals surface area contributed by atoms with Crippen molar-refractivity contribution < 1.29 is 14.3 Å². The molecule has 0 radical (unpaired) electrons. The molecule has 2 amide bonds. The van der Waals surface area contributed by atoms with Crippen molar-refractivity contribution in [2.75, 3.05) is 25.6 Å². The molecule has 0 heterocycles. The number of rotatable bonds is 7. The Kier molecular flexibility index (Phi) is 6.71. The van der Waals surface area contributed by atoms with Crippen molar-refractivity contribution in [2.24, 2.45) is 0 Å². The molecule has 2 N–H and O–H groups in total. The molecular weight excluding hydrogens is 316 g/mol. The fraction of sp³-hybridized carbons (Fsp3) is 0.300. The Hall–Kier alpha value is -2.66. The molecule has 0 aliphatic rings. The highest BCUT2D eigenvalue weighted by Crippen LogP contribution is 2.15. The molecule has 2 rings (SSSR count). The van der Waals surface area contributed by atoms with E-state index < -0.39 is 0 Å². The molecule has 0 unspecified atom stereocenters. The van der Waals surface area contributed by atoms with Crippen LogP contribution in [0.2, 0.25) is 0 Å². The lowest BCUT2D eigenvalue weighted by Gasteiger charge is -2.09. The first-order chi connectivity index (χ1) is 12.0. The van der Waals surface area contributed by atoms with Crippen LogP contribution in [0.4, 0.5) is 5.69 Å². The van der Waals surface area contributed by atoms with E-state index in [0.717, 1.165) is 17.7 Å². The maximum atomic E-state index is 12.3. The quantitative estimate of drug-likeness (QED) is 0.760. The highest BCUT2D eigenvalue weighted by atomic mass is 16.5. The van der Waals surface area contributed by atoms with Crippen molar-refractivity contribution in [3.8, 4) is 0 Å². The van der Waals surface area contributed by atoms with Gasteiger partial charge in [-0.05, 0) is 67.8 Å². The van der Waals surface area contributed by atoms with Crippen LogP contribution in [0.1, 0.15) is 38.3 Å². The molecule has 2 aromatic rings. The smallest absolute Gasteiger partial charge is 0.255 e. The van der Waals surface area contributed by atoms with Gasteiger partial charge in [0.1, 0.15) is 0 Å². The van der Waals surface area contributed by atoms with Crippen LogP contribution >= 0.6 is 0 Å². The molecule has 0 aromatic heterocycles. The number of carbonyl (C=O) groups excluding carboxylic acids is 2. The summed E-state index contributed by atoms with van der Waals surface area (Å²) in [7, 11) is 1.63. The van der Waals surface area contributed by atoms with Gasteiger partial charge in [-0.25, -0.2) is 0 Å². The van der Waals surface area contributed by atoms with E-state index in [2.05, 4.69) is 10.6 Å².